The Hall–Kier alpha value is -3.22. The Balaban J connectivity index is 1.82. The van der Waals surface area contributed by atoms with Crippen molar-refractivity contribution in [2.45, 2.75) is 25.3 Å². The van der Waals surface area contributed by atoms with E-state index in [0.717, 1.165) is 5.56 Å². The smallest absolute Gasteiger partial charge is 0.311 e. The van der Waals surface area contributed by atoms with Crippen LogP contribution in [0.15, 0.2) is 48.5 Å². The van der Waals surface area contributed by atoms with E-state index in [2.05, 4.69) is 5.32 Å². The largest absolute Gasteiger partial charge is 0.466 e. The highest BCUT2D eigenvalue weighted by Gasteiger charge is 2.62. The summed E-state index contributed by atoms with van der Waals surface area (Å²) in [5, 5.41) is 2.86. The second-order valence-electron chi connectivity index (χ2n) is 7.45. The number of carbonyl (C=O) groups excluding carboxylic acids is 3. The number of likely N-dealkylation sites (tertiary alicyclic amines) is 1. The summed E-state index contributed by atoms with van der Waals surface area (Å²) in [4.78, 5) is 40.6. The van der Waals surface area contributed by atoms with Gasteiger partial charge in [0.1, 0.15) is 11.4 Å². The normalized spacial score (nSPS) is 25.1. The molecule has 0 unspecified atom stereocenters. The third kappa shape index (κ3) is 2.88. The molecule has 3 atom stereocenters. The van der Waals surface area contributed by atoms with E-state index in [1.165, 1.54) is 29.2 Å². The van der Waals surface area contributed by atoms with Crippen LogP contribution in [0.25, 0.3) is 0 Å². The molecule has 2 aliphatic heterocycles. The molecule has 2 aliphatic rings. The summed E-state index contributed by atoms with van der Waals surface area (Å²) >= 11 is 0. The third-order valence-electron chi connectivity index (χ3n) is 5.88. The molecule has 0 aliphatic carbocycles. The summed E-state index contributed by atoms with van der Waals surface area (Å²) < 4.78 is 18.6. The number of esters is 1. The van der Waals surface area contributed by atoms with Gasteiger partial charge in [0, 0.05) is 23.7 Å². The van der Waals surface area contributed by atoms with Crippen molar-refractivity contribution in [2.24, 2.45) is 5.92 Å². The predicted octanol–water partition coefficient (Wildman–Crippen LogP) is 2.96. The Labute approximate surface area is 167 Å². The fraction of sp³-hybridized carbons (Fsp3) is 0.318. The number of anilines is 1. The monoisotopic (exact) mass is 396 g/mol. The lowest BCUT2D eigenvalue weighted by molar-refractivity contribution is -0.148. The van der Waals surface area contributed by atoms with E-state index in [-0.39, 0.29) is 24.6 Å². The van der Waals surface area contributed by atoms with Crippen LogP contribution in [0.1, 0.15) is 35.7 Å². The van der Waals surface area contributed by atoms with Crippen molar-refractivity contribution in [3.8, 4) is 0 Å². The Morgan fingerprint density at radius 1 is 1.21 bits per heavy atom. The zero-order valence-electron chi connectivity index (χ0n) is 16.1. The van der Waals surface area contributed by atoms with Gasteiger partial charge in [0.2, 0.25) is 0 Å². The lowest BCUT2D eigenvalue weighted by Crippen LogP contribution is -2.58. The number of fused-ring (bicyclic) bond motifs is 3. The molecule has 2 aromatic rings. The van der Waals surface area contributed by atoms with Crippen LogP contribution >= 0.6 is 0 Å². The number of amides is 2. The molecule has 29 heavy (non-hydrogen) atoms. The molecule has 7 heteroatoms. The first-order valence-corrected chi connectivity index (χ1v) is 9.52. The molecule has 2 aromatic carbocycles. The van der Waals surface area contributed by atoms with Gasteiger partial charge in [0.15, 0.2) is 0 Å². The molecule has 1 N–H and O–H groups in total. The van der Waals surface area contributed by atoms with E-state index in [4.69, 9.17) is 4.74 Å². The number of carbonyl (C=O) groups is 3. The molecule has 6 nitrogen and oxygen atoms in total. The quantitative estimate of drug-likeness (QED) is 0.810. The van der Waals surface area contributed by atoms with Crippen molar-refractivity contribution in [3.05, 3.63) is 65.5 Å². The summed E-state index contributed by atoms with van der Waals surface area (Å²) in [7, 11) is 0. The summed E-state index contributed by atoms with van der Waals surface area (Å²) in [6, 6.07) is 12.4. The van der Waals surface area contributed by atoms with Gasteiger partial charge in [-0.1, -0.05) is 18.2 Å². The van der Waals surface area contributed by atoms with Crippen LogP contribution in [0.2, 0.25) is 0 Å². The molecule has 150 valence electrons. The van der Waals surface area contributed by atoms with Crippen molar-refractivity contribution in [3.63, 3.8) is 0 Å². The number of halogens is 1. The molecule has 0 radical (unpaired) electrons. The predicted molar refractivity (Wildman–Crippen MR) is 104 cm³/mol. The number of benzene rings is 2. The average molecular weight is 396 g/mol. The van der Waals surface area contributed by atoms with E-state index < -0.39 is 35.1 Å². The molecular formula is C22H21FN2O4. The summed E-state index contributed by atoms with van der Waals surface area (Å²) in [6.07, 6.45) is 0. The molecule has 0 bridgehead atoms. The third-order valence-corrected chi connectivity index (χ3v) is 5.88. The number of hydrogen-bond acceptors (Lipinski definition) is 4. The summed E-state index contributed by atoms with van der Waals surface area (Å²) in [6.45, 7) is 3.63. The first-order chi connectivity index (χ1) is 13.9. The van der Waals surface area contributed by atoms with Crippen LogP contribution in [0.5, 0.6) is 0 Å². The van der Waals surface area contributed by atoms with Crippen LogP contribution in [-0.4, -0.2) is 41.4 Å². The first-order valence-electron chi connectivity index (χ1n) is 9.52. The lowest BCUT2D eigenvalue weighted by atomic mass is 9.72. The number of ether oxygens (including phenoxy) is 1. The number of rotatable bonds is 3. The van der Waals surface area contributed by atoms with Gasteiger partial charge >= 0.3 is 5.97 Å². The maximum Gasteiger partial charge on any atom is 0.311 e. The average Bonchev–Trinajstić information content (AvgIpc) is 3.03. The van der Waals surface area contributed by atoms with Crippen LogP contribution in [-0.2, 0) is 14.3 Å². The summed E-state index contributed by atoms with van der Waals surface area (Å²) in [5.74, 6) is -2.92. The van der Waals surface area contributed by atoms with E-state index >= 15 is 0 Å². The highest BCUT2D eigenvalue weighted by atomic mass is 19.1. The molecule has 2 heterocycles. The van der Waals surface area contributed by atoms with Crippen molar-refractivity contribution in [2.75, 3.05) is 18.5 Å². The Kier molecular flexibility index (Phi) is 4.61. The molecule has 2 amide bonds. The molecule has 0 saturated carbocycles. The van der Waals surface area contributed by atoms with Crippen LogP contribution < -0.4 is 5.32 Å². The Bertz CT molecular complexity index is 991. The molecule has 4 rings (SSSR count). The Morgan fingerprint density at radius 2 is 1.90 bits per heavy atom. The van der Waals surface area contributed by atoms with Gasteiger partial charge in [-0.3, -0.25) is 14.4 Å². The minimum Gasteiger partial charge on any atom is -0.466 e. The first kappa shape index (κ1) is 19.1. The van der Waals surface area contributed by atoms with Gasteiger partial charge in [-0.2, -0.15) is 0 Å². The maximum atomic E-state index is 13.3. The maximum absolute atomic E-state index is 13.3. The molecule has 1 saturated heterocycles. The van der Waals surface area contributed by atoms with Crippen LogP contribution in [0, 0.1) is 11.7 Å². The minimum atomic E-state index is -1.28. The fourth-order valence-corrected chi connectivity index (χ4v) is 4.47. The zero-order valence-corrected chi connectivity index (χ0v) is 16.1. The van der Waals surface area contributed by atoms with Crippen molar-refractivity contribution in [1.29, 1.82) is 0 Å². The second kappa shape index (κ2) is 6.99. The molecule has 1 fully saturated rings. The van der Waals surface area contributed by atoms with E-state index in [1.807, 2.05) is 12.1 Å². The zero-order chi connectivity index (χ0) is 20.8. The van der Waals surface area contributed by atoms with Crippen molar-refractivity contribution in [1.82, 2.24) is 4.90 Å². The SMILES string of the molecule is CCOC(=O)[C@H]1CN(C(=O)c2ccc(F)cc2)[C@]2(C)C(=O)Nc3ccccc3[C@H]12. The topological polar surface area (TPSA) is 75.7 Å². The van der Waals surface area contributed by atoms with E-state index in [9.17, 15) is 18.8 Å². The van der Waals surface area contributed by atoms with Crippen LogP contribution in [0.3, 0.4) is 0 Å². The summed E-state index contributed by atoms with van der Waals surface area (Å²) in [5.41, 5.74) is 0.395. The number of nitrogens with zero attached hydrogens (tertiary/aromatic N) is 1. The highest BCUT2D eigenvalue weighted by molar-refractivity contribution is 6.08. The van der Waals surface area contributed by atoms with Gasteiger partial charge in [-0.15, -0.1) is 0 Å². The lowest BCUT2D eigenvalue weighted by Gasteiger charge is -2.42. The van der Waals surface area contributed by atoms with Crippen molar-refractivity contribution >= 4 is 23.5 Å². The van der Waals surface area contributed by atoms with Gasteiger partial charge in [-0.25, -0.2) is 4.39 Å². The van der Waals surface area contributed by atoms with E-state index in [1.54, 1.807) is 26.0 Å². The van der Waals surface area contributed by atoms with Gasteiger partial charge in [0.25, 0.3) is 11.8 Å². The van der Waals surface area contributed by atoms with Gasteiger partial charge < -0.3 is 15.0 Å². The second-order valence-corrected chi connectivity index (χ2v) is 7.45. The Morgan fingerprint density at radius 3 is 2.59 bits per heavy atom. The standard InChI is InChI=1S/C22H21FN2O4/c1-3-29-20(27)16-12-25(19(26)13-8-10-14(23)11-9-13)22(2)18(16)15-6-4-5-7-17(15)24-21(22)28/h4-11,16,18H,3,12H2,1-2H3,(H,24,28)/t16-,18+,22-/m0/s1. The number of nitrogens with one attached hydrogen (secondary N) is 1. The molecule has 0 aromatic heterocycles. The highest BCUT2D eigenvalue weighted by Crippen LogP contribution is 2.51. The van der Waals surface area contributed by atoms with Gasteiger partial charge in [-0.05, 0) is 49.7 Å². The number of hydrogen-bond donors (Lipinski definition) is 1. The molecule has 0 spiro atoms. The van der Waals surface area contributed by atoms with Gasteiger partial charge in [0.05, 0.1) is 12.5 Å². The fourth-order valence-electron chi connectivity index (χ4n) is 4.47. The van der Waals surface area contributed by atoms with Crippen molar-refractivity contribution < 1.29 is 23.5 Å². The minimum absolute atomic E-state index is 0.0396. The van der Waals surface area contributed by atoms with Crippen LogP contribution in [0.4, 0.5) is 10.1 Å². The number of para-hydroxylation sites is 1. The van der Waals surface area contributed by atoms with E-state index in [0.29, 0.717) is 5.69 Å². The molecular weight excluding hydrogens is 375 g/mol.